The molecular formula is C22H23N5O5. The number of fused-ring (bicyclic) bond motifs is 1. The Labute approximate surface area is 184 Å². The van der Waals surface area contributed by atoms with E-state index < -0.39 is 30.2 Å². The zero-order valence-corrected chi connectivity index (χ0v) is 17.7. The first-order chi connectivity index (χ1) is 15.3. The van der Waals surface area contributed by atoms with Crippen LogP contribution in [0.15, 0.2) is 36.7 Å². The molecule has 2 aliphatic heterocycles. The summed E-state index contributed by atoms with van der Waals surface area (Å²) in [5.41, 5.74) is 1.91. The first-order valence-corrected chi connectivity index (χ1v) is 10.3. The van der Waals surface area contributed by atoms with Crippen LogP contribution in [-0.2, 0) is 20.9 Å². The highest BCUT2D eigenvalue weighted by atomic mass is 16.6. The van der Waals surface area contributed by atoms with Crippen molar-refractivity contribution in [3.8, 4) is 0 Å². The van der Waals surface area contributed by atoms with Crippen LogP contribution in [0.3, 0.4) is 0 Å². The van der Waals surface area contributed by atoms with Gasteiger partial charge < -0.3 is 15.0 Å². The number of alkyl carbamates (subject to hydrolysis) is 1. The van der Waals surface area contributed by atoms with E-state index in [0.717, 1.165) is 5.56 Å². The summed E-state index contributed by atoms with van der Waals surface area (Å²) in [5.74, 6) is -0.584. The van der Waals surface area contributed by atoms with Gasteiger partial charge in [-0.05, 0) is 43.5 Å². The molecule has 0 spiro atoms. The second-order valence-corrected chi connectivity index (χ2v) is 7.84. The van der Waals surface area contributed by atoms with E-state index in [4.69, 9.17) is 4.74 Å². The minimum atomic E-state index is -0.669. The summed E-state index contributed by atoms with van der Waals surface area (Å²) in [6.07, 6.45) is 2.45. The highest BCUT2D eigenvalue weighted by Gasteiger charge is 2.39. The van der Waals surface area contributed by atoms with E-state index in [9.17, 15) is 19.2 Å². The number of nitrogens with zero attached hydrogens (tertiary/aromatic N) is 3. The van der Waals surface area contributed by atoms with E-state index in [1.165, 1.54) is 4.90 Å². The lowest BCUT2D eigenvalue weighted by Gasteiger charge is -2.29. The highest BCUT2D eigenvalue weighted by Crippen LogP contribution is 2.30. The largest absolute Gasteiger partial charge is 0.442 e. The monoisotopic (exact) mass is 437 g/mol. The molecular weight excluding hydrogens is 414 g/mol. The van der Waals surface area contributed by atoms with Crippen molar-refractivity contribution >= 4 is 23.8 Å². The van der Waals surface area contributed by atoms with Crippen LogP contribution in [0, 0.1) is 0 Å². The number of ether oxygens (including phenoxy) is 1. The van der Waals surface area contributed by atoms with Crippen molar-refractivity contribution in [3.63, 3.8) is 0 Å². The number of piperidine rings is 1. The maximum atomic E-state index is 12.9. The van der Waals surface area contributed by atoms with Gasteiger partial charge in [0, 0.05) is 30.9 Å². The maximum absolute atomic E-state index is 12.9. The minimum Gasteiger partial charge on any atom is -0.442 e. The Morgan fingerprint density at radius 3 is 2.69 bits per heavy atom. The molecule has 10 heteroatoms. The summed E-state index contributed by atoms with van der Waals surface area (Å²) in [6.45, 7) is 3.76. The van der Waals surface area contributed by atoms with E-state index in [1.807, 2.05) is 0 Å². The molecule has 0 radical (unpaired) electrons. The molecule has 32 heavy (non-hydrogen) atoms. The van der Waals surface area contributed by atoms with Crippen molar-refractivity contribution in [1.29, 1.82) is 0 Å². The number of hydrogen-bond donors (Lipinski definition) is 2. The molecule has 10 nitrogen and oxygen atoms in total. The standard InChI is InChI=1S/C22H23N5O5/c1-12(19-23-8-3-9-24-19)25-22(31)32-13(2)14-4-5-15-11-27(21(30)16(15)10-14)17-6-7-18(28)26-20(17)29/h3-5,8-10,12-13,17H,6-7,11H2,1-2H3,(H,25,31)(H,26,28,29). The predicted octanol–water partition coefficient (Wildman–Crippen LogP) is 1.79. The van der Waals surface area contributed by atoms with Crippen molar-refractivity contribution in [1.82, 2.24) is 25.5 Å². The number of imide groups is 1. The van der Waals surface area contributed by atoms with E-state index in [1.54, 1.807) is 50.5 Å². The van der Waals surface area contributed by atoms with Gasteiger partial charge in [-0.3, -0.25) is 19.7 Å². The lowest BCUT2D eigenvalue weighted by atomic mass is 10.0. The molecule has 0 bridgehead atoms. The molecule has 2 N–H and O–H groups in total. The topological polar surface area (TPSA) is 131 Å². The van der Waals surface area contributed by atoms with E-state index in [2.05, 4.69) is 20.6 Å². The predicted molar refractivity (Wildman–Crippen MR) is 111 cm³/mol. The number of amides is 4. The van der Waals surface area contributed by atoms with Crippen molar-refractivity contribution in [2.75, 3.05) is 0 Å². The van der Waals surface area contributed by atoms with E-state index >= 15 is 0 Å². The van der Waals surface area contributed by atoms with Crippen molar-refractivity contribution in [2.45, 2.75) is 51.4 Å². The summed E-state index contributed by atoms with van der Waals surface area (Å²) in [6, 6.07) is 5.86. The molecule has 2 aromatic rings. The summed E-state index contributed by atoms with van der Waals surface area (Å²) in [7, 11) is 0. The van der Waals surface area contributed by atoms with Gasteiger partial charge in [-0.15, -0.1) is 0 Å². The Balaban J connectivity index is 1.41. The molecule has 3 unspecified atom stereocenters. The first kappa shape index (κ1) is 21.4. The molecule has 166 valence electrons. The fourth-order valence-corrected chi connectivity index (χ4v) is 3.86. The number of benzene rings is 1. The van der Waals surface area contributed by atoms with Gasteiger partial charge in [-0.2, -0.15) is 0 Å². The molecule has 3 heterocycles. The lowest BCUT2D eigenvalue weighted by molar-refractivity contribution is -0.136. The molecule has 4 amide bonds. The summed E-state index contributed by atoms with van der Waals surface area (Å²) >= 11 is 0. The molecule has 1 fully saturated rings. The molecule has 0 aliphatic carbocycles. The Kier molecular flexibility index (Phi) is 5.85. The van der Waals surface area contributed by atoms with Gasteiger partial charge in [0.15, 0.2) is 0 Å². The molecule has 2 aliphatic rings. The van der Waals surface area contributed by atoms with Crippen LogP contribution >= 0.6 is 0 Å². The molecule has 1 saturated heterocycles. The summed E-state index contributed by atoms with van der Waals surface area (Å²) in [5, 5.41) is 4.97. The number of nitrogens with one attached hydrogen (secondary N) is 2. The van der Waals surface area contributed by atoms with Gasteiger partial charge in [0.1, 0.15) is 18.0 Å². The van der Waals surface area contributed by atoms with E-state index in [0.29, 0.717) is 29.9 Å². The number of carbonyl (C=O) groups excluding carboxylic acids is 4. The average Bonchev–Trinajstić information content (AvgIpc) is 3.10. The fraction of sp³-hybridized carbons (Fsp3) is 0.364. The maximum Gasteiger partial charge on any atom is 0.408 e. The molecule has 0 saturated carbocycles. The van der Waals surface area contributed by atoms with Gasteiger partial charge in [0.2, 0.25) is 11.8 Å². The van der Waals surface area contributed by atoms with Crippen LogP contribution in [0.25, 0.3) is 0 Å². The Morgan fingerprint density at radius 1 is 1.22 bits per heavy atom. The zero-order valence-electron chi connectivity index (χ0n) is 17.7. The SMILES string of the molecule is CC(NC(=O)OC(C)c1ccc2c(c1)C(=O)N(C1CCC(=O)NC1=O)C2)c1ncccn1. The zero-order chi connectivity index (χ0) is 22.8. The number of aromatic nitrogens is 2. The normalized spacial score (nSPS) is 19.8. The van der Waals surface area contributed by atoms with Crippen LogP contribution in [0.5, 0.6) is 0 Å². The Bertz CT molecular complexity index is 1070. The third-order valence-corrected chi connectivity index (χ3v) is 5.61. The smallest absolute Gasteiger partial charge is 0.408 e. The van der Waals surface area contributed by atoms with Crippen LogP contribution < -0.4 is 10.6 Å². The van der Waals surface area contributed by atoms with Gasteiger partial charge in [-0.25, -0.2) is 14.8 Å². The van der Waals surface area contributed by atoms with Crippen LogP contribution in [0.4, 0.5) is 4.79 Å². The summed E-state index contributed by atoms with van der Waals surface area (Å²) in [4.78, 5) is 58.5. The van der Waals surface area contributed by atoms with Gasteiger partial charge >= 0.3 is 6.09 Å². The molecule has 3 atom stereocenters. The van der Waals surface area contributed by atoms with Gasteiger partial charge in [0.25, 0.3) is 5.91 Å². The third-order valence-electron chi connectivity index (χ3n) is 5.61. The number of hydrogen-bond acceptors (Lipinski definition) is 7. The molecule has 1 aromatic carbocycles. The van der Waals surface area contributed by atoms with E-state index in [-0.39, 0.29) is 18.2 Å². The fourth-order valence-electron chi connectivity index (χ4n) is 3.86. The third kappa shape index (κ3) is 4.29. The van der Waals surface area contributed by atoms with Crippen molar-refractivity contribution < 1.29 is 23.9 Å². The number of carbonyl (C=O) groups is 4. The number of rotatable bonds is 5. The average molecular weight is 437 g/mol. The van der Waals surface area contributed by atoms with Crippen LogP contribution in [0.1, 0.15) is 66.1 Å². The Hall–Kier alpha value is -3.82. The second kappa shape index (κ2) is 8.74. The molecule has 4 rings (SSSR count). The minimum absolute atomic E-state index is 0.203. The molecule has 1 aromatic heterocycles. The second-order valence-electron chi connectivity index (χ2n) is 7.84. The van der Waals surface area contributed by atoms with Crippen molar-refractivity contribution in [3.05, 3.63) is 59.2 Å². The van der Waals surface area contributed by atoms with Gasteiger partial charge in [-0.1, -0.05) is 12.1 Å². The van der Waals surface area contributed by atoms with Gasteiger partial charge in [0.05, 0.1) is 6.04 Å². The quantitative estimate of drug-likeness (QED) is 0.682. The first-order valence-electron chi connectivity index (χ1n) is 10.3. The highest BCUT2D eigenvalue weighted by molar-refractivity contribution is 6.05. The lowest BCUT2D eigenvalue weighted by Crippen LogP contribution is -2.52. The van der Waals surface area contributed by atoms with Crippen molar-refractivity contribution in [2.24, 2.45) is 0 Å². The van der Waals surface area contributed by atoms with Crippen LogP contribution in [-0.4, -0.2) is 44.7 Å². The summed E-state index contributed by atoms with van der Waals surface area (Å²) < 4.78 is 5.46. The van der Waals surface area contributed by atoms with Crippen LogP contribution in [0.2, 0.25) is 0 Å². The Morgan fingerprint density at radius 2 is 1.97 bits per heavy atom.